The molecule has 3 fully saturated rings. The molecular formula is C51H53IrN5OSi-2. The topological polar surface area (TPSA) is 69.6 Å². The van der Waals surface area contributed by atoms with Gasteiger partial charge >= 0.3 is 0 Å². The molecule has 59 heavy (non-hydrogen) atoms. The van der Waals surface area contributed by atoms with Gasteiger partial charge in [0.05, 0.1) is 36.7 Å². The second kappa shape index (κ2) is 16.4. The summed E-state index contributed by atoms with van der Waals surface area (Å²) in [6, 6.07) is 32.1. The molecule has 1 atom stereocenters. The van der Waals surface area contributed by atoms with Crippen molar-refractivity contribution in [2.24, 2.45) is 17.8 Å². The number of imidazole rings is 1. The number of aromatic nitrogens is 5. The Morgan fingerprint density at radius 2 is 1.58 bits per heavy atom. The number of rotatable bonds is 6. The molecule has 2 bridgehead atoms. The molecule has 3 aromatic carbocycles. The smallest absolute Gasteiger partial charge is 0.183 e. The zero-order valence-corrected chi connectivity index (χ0v) is 38.9. The summed E-state index contributed by atoms with van der Waals surface area (Å²) < 4.78 is 8.23. The van der Waals surface area contributed by atoms with E-state index in [1.807, 2.05) is 56.4 Å². The van der Waals surface area contributed by atoms with Crippen LogP contribution in [-0.2, 0) is 26.5 Å². The Balaban J connectivity index is 0.000000168. The quantitative estimate of drug-likeness (QED) is 0.123. The molecule has 303 valence electrons. The summed E-state index contributed by atoms with van der Waals surface area (Å²) in [7, 11) is -1.38. The second-order valence-corrected chi connectivity index (χ2v) is 23.1. The van der Waals surface area contributed by atoms with Crippen molar-refractivity contribution in [1.82, 2.24) is 24.5 Å². The predicted octanol–water partition coefficient (Wildman–Crippen LogP) is 12.2. The maximum Gasteiger partial charge on any atom is 0.183 e. The van der Waals surface area contributed by atoms with Crippen LogP contribution in [0.2, 0.25) is 19.6 Å². The molecule has 0 N–H and O–H groups in total. The molecule has 0 amide bonds. The van der Waals surface area contributed by atoms with E-state index in [0.717, 1.165) is 84.9 Å². The average Bonchev–Trinajstić information content (AvgIpc) is 3.75. The molecule has 6 nitrogen and oxygen atoms in total. The maximum atomic E-state index is 5.99. The number of hydrogen-bond donors (Lipinski definition) is 0. The van der Waals surface area contributed by atoms with Gasteiger partial charge < -0.3 is 14.0 Å². The molecular weight excluding hydrogens is 919 g/mol. The maximum absolute atomic E-state index is 5.99. The number of aryl methyl sites for hydroxylation is 5. The minimum atomic E-state index is -1.38. The Bertz CT molecular complexity index is 2790. The van der Waals surface area contributed by atoms with E-state index in [9.17, 15) is 0 Å². The molecule has 0 spiro atoms. The fourth-order valence-corrected chi connectivity index (χ4v) is 11.5. The third-order valence-electron chi connectivity index (χ3n) is 12.6. The van der Waals surface area contributed by atoms with E-state index in [0.29, 0.717) is 5.71 Å². The summed E-state index contributed by atoms with van der Waals surface area (Å²) in [5.41, 5.74) is 14.7. The Morgan fingerprint density at radius 1 is 0.797 bits per heavy atom. The normalized spacial score (nSPS) is 17.6. The molecule has 1 unspecified atom stereocenters. The van der Waals surface area contributed by atoms with E-state index >= 15 is 0 Å². The van der Waals surface area contributed by atoms with Crippen LogP contribution >= 0.6 is 0 Å². The van der Waals surface area contributed by atoms with Crippen LogP contribution in [0.3, 0.4) is 0 Å². The first-order valence-corrected chi connectivity index (χ1v) is 24.5. The molecule has 3 saturated carbocycles. The van der Waals surface area contributed by atoms with Crippen molar-refractivity contribution in [3.8, 4) is 28.3 Å². The number of fused-ring (bicyclic) bond motifs is 7. The van der Waals surface area contributed by atoms with Crippen LogP contribution in [0, 0.1) is 64.5 Å². The summed E-state index contributed by atoms with van der Waals surface area (Å²) in [4.78, 5) is 18.9. The Hall–Kier alpha value is -4.75. The van der Waals surface area contributed by atoms with Crippen LogP contribution in [0.4, 0.5) is 0 Å². The molecule has 11 rings (SSSR count). The van der Waals surface area contributed by atoms with Crippen LogP contribution in [0.15, 0.2) is 89.6 Å². The Labute approximate surface area is 363 Å². The third-order valence-corrected chi connectivity index (χ3v) is 14.7. The van der Waals surface area contributed by atoms with Gasteiger partial charge in [0.15, 0.2) is 5.71 Å². The van der Waals surface area contributed by atoms with Crippen molar-refractivity contribution in [2.75, 3.05) is 0 Å². The van der Waals surface area contributed by atoms with Gasteiger partial charge in [0.2, 0.25) is 0 Å². The SMILES string of the molecule is C[Si](C)(C)c1cnc(-c2[c-]cccc2)cc1CC1CC2CCC1CC2.Cc1cc(C)c(-n2c(-c3[c-]c4c(cc3)oc3nc(C)ccc34)nc3cnc(C)cc32)c(C)c1.[Ir]. The van der Waals surface area contributed by atoms with Gasteiger partial charge in [0.25, 0.3) is 0 Å². The van der Waals surface area contributed by atoms with Crippen LogP contribution in [0.5, 0.6) is 0 Å². The van der Waals surface area contributed by atoms with Gasteiger partial charge in [-0.25, -0.2) is 4.98 Å². The van der Waals surface area contributed by atoms with Gasteiger partial charge in [-0.3, -0.25) is 9.97 Å². The van der Waals surface area contributed by atoms with Crippen LogP contribution < -0.4 is 5.19 Å². The van der Waals surface area contributed by atoms with E-state index in [1.54, 1.807) is 10.8 Å². The molecule has 0 aliphatic heterocycles. The van der Waals surface area contributed by atoms with E-state index in [1.165, 1.54) is 55.2 Å². The Morgan fingerprint density at radius 3 is 2.27 bits per heavy atom. The van der Waals surface area contributed by atoms with Crippen molar-refractivity contribution in [3.05, 3.63) is 131 Å². The van der Waals surface area contributed by atoms with Gasteiger partial charge in [-0.05, 0) is 118 Å². The van der Waals surface area contributed by atoms with E-state index in [-0.39, 0.29) is 20.1 Å². The van der Waals surface area contributed by atoms with Crippen LogP contribution in [-0.4, -0.2) is 32.6 Å². The summed E-state index contributed by atoms with van der Waals surface area (Å²) in [6.45, 7) is 17.8. The van der Waals surface area contributed by atoms with Gasteiger partial charge in [0, 0.05) is 43.4 Å². The summed E-state index contributed by atoms with van der Waals surface area (Å²) in [5, 5.41) is 3.44. The minimum absolute atomic E-state index is 0. The molecule has 5 heterocycles. The second-order valence-electron chi connectivity index (χ2n) is 18.1. The first kappa shape index (κ1) is 41.0. The Kier molecular flexibility index (Phi) is 11.4. The zero-order chi connectivity index (χ0) is 40.3. The van der Waals surface area contributed by atoms with Gasteiger partial charge in [-0.2, -0.15) is 0 Å². The number of pyridine rings is 3. The van der Waals surface area contributed by atoms with Crippen LogP contribution in [0.25, 0.3) is 61.4 Å². The first-order valence-electron chi connectivity index (χ1n) is 21.0. The molecule has 1 radical (unpaired) electrons. The van der Waals surface area contributed by atoms with Gasteiger partial charge in [0.1, 0.15) is 0 Å². The summed E-state index contributed by atoms with van der Waals surface area (Å²) in [5.74, 6) is 3.72. The standard InChI is InChI=1S/C28H23N4O.C23H30NSi.Ir/c1-15-10-16(2)26(17(3)11-15)32-24-12-19(5)29-14-23(24)31-27(32)20-7-9-25-22(13-20)21-8-6-18(4)30-28(21)33-25;1-25(2,3)23-16-24-22(19-7-5-4-6-8-19)15-21(23)14-20-13-17-9-11-18(20)12-10-17;/h6-12,14H,1-5H3;4-7,15-18,20H,9-14H2,1-3H3;/q2*-1;. The largest absolute Gasteiger partial charge is 0.482 e. The first-order chi connectivity index (χ1) is 27.9. The van der Waals surface area contributed by atoms with Crippen molar-refractivity contribution in [1.29, 1.82) is 0 Å². The van der Waals surface area contributed by atoms with Crippen molar-refractivity contribution >= 4 is 46.4 Å². The molecule has 3 aliphatic rings. The van der Waals surface area contributed by atoms with Crippen molar-refractivity contribution in [3.63, 3.8) is 0 Å². The van der Waals surface area contributed by atoms with Crippen molar-refractivity contribution < 1.29 is 24.5 Å². The number of benzene rings is 3. The summed E-state index contributed by atoms with van der Waals surface area (Å²) in [6.07, 6.45) is 12.7. The monoisotopic (exact) mass is 972 g/mol. The zero-order valence-electron chi connectivity index (χ0n) is 35.5. The number of hydrogen-bond acceptors (Lipinski definition) is 5. The summed E-state index contributed by atoms with van der Waals surface area (Å²) >= 11 is 0. The third kappa shape index (κ3) is 8.12. The van der Waals surface area contributed by atoms with Crippen molar-refractivity contribution in [2.45, 2.75) is 92.8 Å². The van der Waals surface area contributed by atoms with E-state index < -0.39 is 8.07 Å². The fraction of sp³-hybridized carbons (Fsp3) is 0.333. The van der Waals surface area contributed by atoms with Crippen LogP contribution in [0.1, 0.15) is 65.7 Å². The van der Waals surface area contributed by atoms with Gasteiger partial charge in [-0.1, -0.05) is 84.9 Å². The molecule has 8 aromatic rings. The minimum Gasteiger partial charge on any atom is -0.482 e. The van der Waals surface area contributed by atoms with Gasteiger partial charge in [-0.15, -0.1) is 48.0 Å². The number of nitrogens with zero attached hydrogens (tertiary/aromatic N) is 5. The molecule has 8 heteroatoms. The molecule has 5 aromatic heterocycles. The van der Waals surface area contributed by atoms with E-state index in [2.05, 4.69) is 110 Å². The molecule has 0 saturated heterocycles. The predicted molar refractivity (Wildman–Crippen MR) is 241 cm³/mol. The molecule has 3 aliphatic carbocycles. The average molecular weight is 972 g/mol. The van der Waals surface area contributed by atoms with E-state index in [4.69, 9.17) is 14.4 Å². The fourth-order valence-electron chi connectivity index (χ4n) is 9.90. The number of furan rings is 1.